The van der Waals surface area contributed by atoms with E-state index in [9.17, 15) is 0 Å². The van der Waals surface area contributed by atoms with Crippen LogP contribution in [0.25, 0.3) is 32.7 Å². The molecule has 0 amide bonds. The second kappa shape index (κ2) is 10.9. The topological polar surface area (TPSA) is 36.1 Å². The van der Waals surface area contributed by atoms with E-state index in [0.717, 1.165) is 45.3 Å². The monoisotopic (exact) mass is 527 g/mol. The van der Waals surface area contributed by atoms with Gasteiger partial charge in [-0.2, -0.15) is 0 Å². The van der Waals surface area contributed by atoms with Crippen molar-refractivity contribution < 1.29 is 0 Å². The maximum atomic E-state index is 3.67. The Kier molecular flexibility index (Phi) is 6.52. The van der Waals surface area contributed by atoms with Gasteiger partial charge in [0, 0.05) is 45.1 Å². The number of rotatable bonds is 7. The molecule has 7 aromatic carbocycles. The maximum Gasteiger partial charge on any atom is 0.0470 e. The fourth-order valence-corrected chi connectivity index (χ4v) is 5.37. The molecule has 3 heteroatoms. The lowest BCUT2D eigenvalue weighted by Crippen LogP contribution is -1.95. The van der Waals surface area contributed by atoms with Crippen LogP contribution in [0.5, 0.6) is 0 Å². The summed E-state index contributed by atoms with van der Waals surface area (Å²) in [7, 11) is 0. The Bertz CT molecular complexity index is 1940. The predicted octanol–water partition coefficient (Wildman–Crippen LogP) is 10.9. The Morgan fingerprint density at radius 1 is 0.317 bits per heavy atom. The lowest BCUT2D eigenvalue weighted by Gasteiger charge is -2.15. The molecule has 0 saturated carbocycles. The van der Waals surface area contributed by atoms with Crippen molar-refractivity contribution in [2.75, 3.05) is 16.0 Å². The molecule has 196 valence electrons. The fourth-order valence-electron chi connectivity index (χ4n) is 5.37. The van der Waals surface area contributed by atoms with Crippen molar-refractivity contribution >= 4 is 55.7 Å². The maximum absolute atomic E-state index is 3.67. The summed E-state index contributed by atoms with van der Waals surface area (Å²) in [5, 5.41) is 15.7. The third kappa shape index (κ3) is 5.21. The molecule has 3 N–H and O–H groups in total. The third-order valence-electron chi connectivity index (χ3n) is 7.40. The lowest BCUT2D eigenvalue weighted by molar-refractivity contribution is 1.51. The standard InChI is InChI=1S/C38H29N3/c1-2-11-29(12-3-1)39-30-22-24-32(25-23-30)40-37-17-9-8-14-34(37)27-18-20-31(21-19-27)41-38-26-28-10-4-5-13-33(28)35-15-6-7-16-36(35)38/h1-26,39-41H. The van der Waals surface area contributed by atoms with Gasteiger partial charge in [0.15, 0.2) is 0 Å². The van der Waals surface area contributed by atoms with Crippen molar-refractivity contribution in [1.82, 2.24) is 0 Å². The largest absolute Gasteiger partial charge is 0.356 e. The van der Waals surface area contributed by atoms with Gasteiger partial charge in [-0.05, 0) is 82.4 Å². The Hall–Kier alpha value is -5.54. The Morgan fingerprint density at radius 3 is 1.59 bits per heavy atom. The molecule has 3 nitrogen and oxygen atoms in total. The van der Waals surface area contributed by atoms with Crippen molar-refractivity contribution in [1.29, 1.82) is 0 Å². The third-order valence-corrected chi connectivity index (χ3v) is 7.40. The smallest absolute Gasteiger partial charge is 0.0470 e. The number of anilines is 6. The second-order valence-electron chi connectivity index (χ2n) is 10.1. The van der Waals surface area contributed by atoms with Crippen LogP contribution in [0, 0.1) is 0 Å². The van der Waals surface area contributed by atoms with Crippen LogP contribution in [0.4, 0.5) is 34.1 Å². The first-order chi connectivity index (χ1) is 20.3. The molecule has 0 heterocycles. The zero-order valence-electron chi connectivity index (χ0n) is 22.5. The molecule has 0 unspecified atom stereocenters. The van der Waals surface area contributed by atoms with E-state index in [1.54, 1.807) is 0 Å². The molecular weight excluding hydrogens is 498 g/mol. The highest BCUT2D eigenvalue weighted by Crippen LogP contribution is 2.35. The molecule has 0 aliphatic heterocycles. The van der Waals surface area contributed by atoms with Crippen LogP contribution in [-0.2, 0) is 0 Å². The van der Waals surface area contributed by atoms with Crippen molar-refractivity contribution in [3.8, 4) is 11.1 Å². The first kappa shape index (κ1) is 24.5. The van der Waals surface area contributed by atoms with Gasteiger partial charge in [0.2, 0.25) is 0 Å². The molecule has 0 atom stereocenters. The van der Waals surface area contributed by atoms with E-state index in [-0.39, 0.29) is 0 Å². The van der Waals surface area contributed by atoms with Gasteiger partial charge in [-0.1, -0.05) is 97.1 Å². The first-order valence-electron chi connectivity index (χ1n) is 13.9. The Balaban J connectivity index is 1.12. The summed E-state index contributed by atoms with van der Waals surface area (Å²) in [4.78, 5) is 0. The van der Waals surface area contributed by atoms with Crippen LogP contribution in [0.2, 0.25) is 0 Å². The molecule has 0 saturated heterocycles. The molecule has 7 aromatic rings. The minimum absolute atomic E-state index is 1.04. The predicted molar refractivity (Wildman–Crippen MR) is 176 cm³/mol. The van der Waals surface area contributed by atoms with Crippen LogP contribution in [0.3, 0.4) is 0 Å². The van der Waals surface area contributed by atoms with Gasteiger partial charge < -0.3 is 16.0 Å². The van der Waals surface area contributed by atoms with Gasteiger partial charge in [0.25, 0.3) is 0 Å². The van der Waals surface area contributed by atoms with Crippen molar-refractivity contribution in [2.45, 2.75) is 0 Å². The summed E-state index contributed by atoms with van der Waals surface area (Å²) in [5.74, 6) is 0. The van der Waals surface area contributed by atoms with Crippen molar-refractivity contribution in [2.24, 2.45) is 0 Å². The van der Waals surface area contributed by atoms with Gasteiger partial charge in [0.05, 0.1) is 0 Å². The molecule has 41 heavy (non-hydrogen) atoms. The Labute approximate surface area is 240 Å². The summed E-state index contributed by atoms with van der Waals surface area (Å²) in [6.45, 7) is 0. The van der Waals surface area contributed by atoms with Crippen LogP contribution >= 0.6 is 0 Å². The summed E-state index contributed by atoms with van der Waals surface area (Å²) >= 11 is 0. The van der Waals surface area contributed by atoms with Gasteiger partial charge in [-0.15, -0.1) is 0 Å². The minimum Gasteiger partial charge on any atom is -0.356 e. The zero-order valence-corrected chi connectivity index (χ0v) is 22.5. The Morgan fingerprint density at radius 2 is 0.829 bits per heavy atom. The van der Waals surface area contributed by atoms with Crippen LogP contribution in [0.15, 0.2) is 158 Å². The summed E-state index contributed by atoms with van der Waals surface area (Å²) in [6.07, 6.45) is 0. The summed E-state index contributed by atoms with van der Waals surface area (Å²) in [6, 6.07) is 55.1. The van der Waals surface area contributed by atoms with Crippen LogP contribution < -0.4 is 16.0 Å². The molecule has 0 aliphatic carbocycles. The first-order valence-corrected chi connectivity index (χ1v) is 13.9. The molecule has 7 rings (SSSR count). The molecule has 0 aromatic heterocycles. The number of benzene rings is 7. The van der Waals surface area contributed by atoms with E-state index in [0.29, 0.717) is 0 Å². The number of hydrogen-bond donors (Lipinski definition) is 3. The van der Waals surface area contributed by atoms with E-state index in [1.165, 1.54) is 21.5 Å². The zero-order chi connectivity index (χ0) is 27.4. The minimum atomic E-state index is 1.04. The average Bonchev–Trinajstić information content (AvgIpc) is 3.03. The highest BCUT2D eigenvalue weighted by atomic mass is 14.9. The van der Waals surface area contributed by atoms with Gasteiger partial charge >= 0.3 is 0 Å². The number of hydrogen-bond acceptors (Lipinski definition) is 3. The number of fused-ring (bicyclic) bond motifs is 3. The highest BCUT2D eigenvalue weighted by molar-refractivity contribution is 6.13. The van der Waals surface area contributed by atoms with E-state index < -0.39 is 0 Å². The van der Waals surface area contributed by atoms with E-state index in [2.05, 4.69) is 155 Å². The molecule has 0 radical (unpaired) electrons. The van der Waals surface area contributed by atoms with Gasteiger partial charge in [-0.3, -0.25) is 0 Å². The SMILES string of the molecule is c1ccc(Nc2ccc(Nc3ccccc3-c3ccc(Nc4cc5ccccc5c5ccccc45)cc3)cc2)cc1. The van der Waals surface area contributed by atoms with E-state index in [4.69, 9.17) is 0 Å². The molecule has 0 spiro atoms. The highest BCUT2D eigenvalue weighted by Gasteiger charge is 2.09. The number of para-hydroxylation sites is 2. The van der Waals surface area contributed by atoms with Gasteiger partial charge in [-0.25, -0.2) is 0 Å². The average molecular weight is 528 g/mol. The summed E-state index contributed by atoms with van der Waals surface area (Å²) < 4.78 is 0. The quantitative estimate of drug-likeness (QED) is 0.180. The molecule has 0 aliphatic rings. The second-order valence-corrected chi connectivity index (χ2v) is 10.1. The molecular formula is C38H29N3. The van der Waals surface area contributed by atoms with Crippen molar-refractivity contribution in [3.63, 3.8) is 0 Å². The molecule has 0 fully saturated rings. The number of nitrogens with one attached hydrogen (secondary N) is 3. The van der Waals surface area contributed by atoms with Crippen molar-refractivity contribution in [3.05, 3.63) is 158 Å². The van der Waals surface area contributed by atoms with Crippen LogP contribution in [-0.4, -0.2) is 0 Å². The van der Waals surface area contributed by atoms with E-state index in [1.807, 2.05) is 18.2 Å². The lowest BCUT2D eigenvalue weighted by atomic mass is 10.00. The fraction of sp³-hybridized carbons (Fsp3) is 0. The van der Waals surface area contributed by atoms with Crippen LogP contribution in [0.1, 0.15) is 0 Å². The van der Waals surface area contributed by atoms with Gasteiger partial charge in [0.1, 0.15) is 0 Å². The molecule has 0 bridgehead atoms. The summed E-state index contributed by atoms with van der Waals surface area (Å²) in [5.41, 5.74) is 8.71. The normalized spacial score (nSPS) is 10.9. The van der Waals surface area contributed by atoms with E-state index >= 15 is 0 Å².